The van der Waals surface area contributed by atoms with Gasteiger partial charge < -0.3 is 9.47 Å². The van der Waals surface area contributed by atoms with Gasteiger partial charge in [-0.1, -0.05) is 11.6 Å². The Morgan fingerprint density at radius 2 is 2.00 bits per heavy atom. The summed E-state index contributed by atoms with van der Waals surface area (Å²) in [7, 11) is 1.16. The molecule has 0 heterocycles. The number of benzene rings is 1. The minimum absolute atomic E-state index is 0.0474. The summed E-state index contributed by atoms with van der Waals surface area (Å²) >= 11 is 5.79. The van der Waals surface area contributed by atoms with Crippen LogP contribution >= 0.6 is 11.6 Å². The molecule has 0 aliphatic heterocycles. The average molecular weight is 265 g/mol. The number of hydrogen-bond donors (Lipinski definition) is 0. The normalized spacial score (nSPS) is 10.5. The maximum atomic E-state index is 12.2. The Labute approximate surface area is 102 Å². The number of alkyl halides is 2. The third kappa shape index (κ3) is 2.85. The first-order chi connectivity index (χ1) is 7.88. The quantitative estimate of drug-likeness (QED) is 0.786. The van der Waals surface area contributed by atoms with E-state index in [1.807, 2.05) is 0 Å². The molecule has 0 atom stereocenters. The van der Waals surface area contributed by atoms with Crippen molar-refractivity contribution in [2.45, 2.75) is 20.5 Å². The van der Waals surface area contributed by atoms with Crippen molar-refractivity contribution < 1.29 is 23.0 Å². The van der Waals surface area contributed by atoms with E-state index in [9.17, 15) is 13.6 Å². The van der Waals surface area contributed by atoms with Gasteiger partial charge in [-0.25, -0.2) is 4.79 Å². The molecule has 94 valence electrons. The van der Waals surface area contributed by atoms with Crippen LogP contribution in [-0.4, -0.2) is 19.7 Å². The van der Waals surface area contributed by atoms with Gasteiger partial charge in [0.2, 0.25) is 0 Å². The Morgan fingerprint density at radius 1 is 1.41 bits per heavy atom. The van der Waals surface area contributed by atoms with Crippen LogP contribution in [0.1, 0.15) is 21.5 Å². The second-order valence-corrected chi connectivity index (χ2v) is 3.78. The highest BCUT2D eigenvalue weighted by Gasteiger charge is 2.23. The smallest absolute Gasteiger partial charge is 0.387 e. The van der Waals surface area contributed by atoms with Crippen molar-refractivity contribution >= 4 is 17.6 Å². The fraction of sp³-hybridized carbons (Fsp3) is 0.364. The van der Waals surface area contributed by atoms with Gasteiger partial charge in [-0.15, -0.1) is 0 Å². The molecule has 0 amide bonds. The van der Waals surface area contributed by atoms with Crippen molar-refractivity contribution in [2.24, 2.45) is 0 Å². The Hall–Kier alpha value is -1.36. The van der Waals surface area contributed by atoms with Crippen LogP contribution in [0.2, 0.25) is 5.02 Å². The maximum Gasteiger partial charge on any atom is 0.387 e. The Kier molecular flexibility index (Phi) is 4.28. The lowest BCUT2D eigenvalue weighted by molar-refractivity contribution is -0.0503. The van der Waals surface area contributed by atoms with Crippen molar-refractivity contribution in [1.82, 2.24) is 0 Å². The third-order valence-corrected chi connectivity index (χ3v) is 2.63. The van der Waals surface area contributed by atoms with E-state index < -0.39 is 12.6 Å². The number of hydrogen-bond acceptors (Lipinski definition) is 3. The minimum Gasteiger partial charge on any atom is -0.465 e. The van der Waals surface area contributed by atoms with Crippen LogP contribution in [0.25, 0.3) is 0 Å². The molecule has 0 fully saturated rings. The zero-order chi connectivity index (χ0) is 13.2. The van der Waals surface area contributed by atoms with Crippen molar-refractivity contribution in [2.75, 3.05) is 7.11 Å². The number of halogens is 3. The molecule has 0 spiro atoms. The molecule has 0 unspecified atom stereocenters. The van der Waals surface area contributed by atoms with E-state index in [2.05, 4.69) is 9.47 Å². The fourth-order valence-electron chi connectivity index (χ4n) is 1.40. The molecule has 0 N–H and O–H groups in total. The summed E-state index contributed by atoms with van der Waals surface area (Å²) in [5, 5.41) is -0.0474. The van der Waals surface area contributed by atoms with Gasteiger partial charge in [0, 0.05) is 0 Å². The molecule has 0 aromatic heterocycles. The summed E-state index contributed by atoms with van der Waals surface area (Å²) in [5.74, 6) is -1.11. The van der Waals surface area contributed by atoms with Gasteiger partial charge in [0.15, 0.2) is 5.75 Å². The standard InChI is InChI=1S/C11H11ClF2O3/c1-5-4-7(12)9(17-11(13)14)8(6(5)2)10(15)16-3/h4,11H,1-3H3. The summed E-state index contributed by atoms with van der Waals surface area (Å²) in [6, 6.07) is 1.46. The van der Waals surface area contributed by atoms with Crippen molar-refractivity contribution in [3.8, 4) is 5.75 Å². The first-order valence-corrected chi connectivity index (χ1v) is 5.09. The van der Waals surface area contributed by atoms with E-state index in [4.69, 9.17) is 11.6 Å². The Bertz CT molecular complexity index is 447. The second-order valence-electron chi connectivity index (χ2n) is 3.37. The summed E-state index contributed by atoms with van der Waals surface area (Å²) in [6.45, 7) is 0.258. The number of esters is 1. The number of methoxy groups -OCH3 is 1. The highest BCUT2D eigenvalue weighted by Crippen LogP contribution is 2.35. The minimum atomic E-state index is -3.06. The molecular formula is C11H11ClF2O3. The van der Waals surface area contributed by atoms with Crippen molar-refractivity contribution in [3.05, 3.63) is 27.8 Å². The molecule has 0 aliphatic carbocycles. The van der Waals surface area contributed by atoms with Gasteiger partial charge in [-0.3, -0.25) is 0 Å². The van der Waals surface area contributed by atoms with E-state index in [1.54, 1.807) is 13.8 Å². The molecule has 1 rings (SSSR count). The predicted octanol–water partition coefficient (Wildman–Crippen LogP) is 3.34. The number of carbonyl (C=O) groups is 1. The van der Waals surface area contributed by atoms with Crippen molar-refractivity contribution in [3.63, 3.8) is 0 Å². The Morgan fingerprint density at radius 3 is 2.47 bits per heavy atom. The lowest BCUT2D eigenvalue weighted by Gasteiger charge is -2.15. The SMILES string of the molecule is COC(=O)c1c(C)c(C)cc(Cl)c1OC(F)F. The van der Waals surface area contributed by atoms with E-state index in [0.29, 0.717) is 11.1 Å². The lowest BCUT2D eigenvalue weighted by Crippen LogP contribution is -2.12. The Balaban J connectivity index is 3.44. The van der Waals surface area contributed by atoms with Gasteiger partial charge >= 0.3 is 12.6 Å². The highest BCUT2D eigenvalue weighted by atomic mass is 35.5. The molecule has 6 heteroatoms. The molecule has 0 bridgehead atoms. The number of rotatable bonds is 3. The van der Waals surface area contributed by atoms with Crippen LogP contribution in [0, 0.1) is 13.8 Å². The van der Waals surface area contributed by atoms with Crippen LogP contribution in [0.5, 0.6) is 5.75 Å². The first kappa shape index (κ1) is 13.7. The second kappa shape index (κ2) is 5.31. The number of ether oxygens (including phenoxy) is 2. The van der Waals surface area contributed by atoms with Gasteiger partial charge in [0.05, 0.1) is 12.1 Å². The summed E-state index contributed by atoms with van der Waals surface area (Å²) < 4.78 is 33.3. The predicted molar refractivity (Wildman–Crippen MR) is 58.9 cm³/mol. The van der Waals surface area contributed by atoms with Crippen LogP contribution in [0.4, 0.5) is 8.78 Å². The molecule has 17 heavy (non-hydrogen) atoms. The summed E-state index contributed by atoms with van der Waals surface area (Å²) in [5.41, 5.74) is 1.12. The van der Waals surface area contributed by atoms with E-state index in [1.165, 1.54) is 6.07 Å². The molecule has 1 aromatic carbocycles. The molecule has 0 saturated heterocycles. The van der Waals surface area contributed by atoms with Crippen molar-refractivity contribution in [1.29, 1.82) is 0 Å². The molecule has 0 aliphatic rings. The number of carbonyl (C=O) groups excluding carboxylic acids is 1. The highest BCUT2D eigenvalue weighted by molar-refractivity contribution is 6.32. The van der Waals surface area contributed by atoms with E-state index in [-0.39, 0.29) is 16.3 Å². The van der Waals surface area contributed by atoms with E-state index in [0.717, 1.165) is 7.11 Å². The first-order valence-electron chi connectivity index (χ1n) is 4.71. The average Bonchev–Trinajstić information content (AvgIpc) is 2.25. The maximum absolute atomic E-state index is 12.2. The summed E-state index contributed by atoms with van der Waals surface area (Å²) in [4.78, 5) is 11.5. The third-order valence-electron chi connectivity index (χ3n) is 2.35. The van der Waals surface area contributed by atoms with Crippen LogP contribution < -0.4 is 4.74 Å². The van der Waals surface area contributed by atoms with Gasteiger partial charge in [-0.2, -0.15) is 8.78 Å². The fourth-order valence-corrected chi connectivity index (χ4v) is 1.71. The van der Waals surface area contributed by atoms with Gasteiger partial charge in [-0.05, 0) is 31.0 Å². The molecule has 3 nitrogen and oxygen atoms in total. The molecular weight excluding hydrogens is 254 g/mol. The monoisotopic (exact) mass is 264 g/mol. The van der Waals surface area contributed by atoms with Crippen LogP contribution in [0.3, 0.4) is 0 Å². The van der Waals surface area contributed by atoms with E-state index >= 15 is 0 Å². The molecule has 0 radical (unpaired) electrons. The summed E-state index contributed by atoms with van der Waals surface area (Å²) in [6.07, 6.45) is 0. The van der Waals surface area contributed by atoms with Gasteiger partial charge in [0.1, 0.15) is 5.56 Å². The molecule has 0 saturated carbocycles. The zero-order valence-electron chi connectivity index (χ0n) is 9.51. The largest absolute Gasteiger partial charge is 0.465 e. The molecule has 1 aromatic rings. The number of aryl methyl sites for hydroxylation is 1. The topological polar surface area (TPSA) is 35.5 Å². The van der Waals surface area contributed by atoms with Crippen LogP contribution in [0.15, 0.2) is 6.07 Å². The zero-order valence-corrected chi connectivity index (χ0v) is 10.3. The lowest BCUT2D eigenvalue weighted by atomic mass is 10.0. The van der Waals surface area contributed by atoms with Crippen LogP contribution in [-0.2, 0) is 4.74 Å². The van der Waals surface area contributed by atoms with Gasteiger partial charge in [0.25, 0.3) is 0 Å².